The summed E-state index contributed by atoms with van der Waals surface area (Å²) in [5.74, 6) is 0.568. The molecule has 0 unspecified atom stereocenters. The normalized spacial score (nSPS) is 10.3. The Bertz CT molecular complexity index is 427. The molecule has 112 valence electrons. The lowest BCUT2D eigenvalue weighted by atomic mass is 10.2. The van der Waals surface area contributed by atoms with Crippen LogP contribution in [0.3, 0.4) is 0 Å². The molecule has 5 nitrogen and oxygen atoms in total. The molecule has 1 aromatic rings. The van der Waals surface area contributed by atoms with E-state index in [1.165, 1.54) is 0 Å². The smallest absolute Gasteiger partial charge is 0.257 e. The number of hydrogen-bond acceptors (Lipinski definition) is 4. The van der Waals surface area contributed by atoms with Crippen LogP contribution in [0, 0.1) is 0 Å². The van der Waals surface area contributed by atoms with E-state index in [0.29, 0.717) is 25.4 Å². The quantitative estimate of drug-likeness (QED) is 0.669. The van der Waals surface area contributed by atoms with Crippen LogP contribution in [0.4, 0.5) is 0 Å². The molecule has 0 aliphatic rings. The number of halogens is 1. The van der Waals surface area contributed by atoms with Gasteiger partial charge in [-0.05, 0) is 30.7 Å². The lowest BCUT2D eigenvalue weighted by molar-refractivity contribution is -0.122. The van der Waals surface area contributed by atoms with E-state index in [1.807, 2.05) is 25.1 Å². The fourth-order valence-electron chi connectivity index (χ4n) is 1.57. The molecule has 0 saturated heterocycles. The first kappa shape index (κ1) is 16.9. The van der Waals surface area contributed by atoms with Crippen LogP contribution in [0.1, 0.15) is 12.5 Å². The topological polar surface area (TPSA) is 59.6 Å². The van der Waals surface area contributed by atoms with E-state index in [4.69, 9.17) is 9.47 Å². The first-order valence-corrected chi connectivity index (χ1v) is 7.34. The van der Waals surface area contributed by atoms with Crippen molar-refractivity contribution >= 4 is 21.8 Å². The molecular formula is C14H21BrN2O3. The van der Waals surface area contributed by atoms with Crippen LogP contribution in [0.25, 0.3) is 0 Å². The number of ether oxygens (including phenoxy) is 2. The molecular weight excluding hydrogens is 324 g/mol. The van der Waals surface area contributed by atoms with Crippen LogP contribution in [0.15, 0.2) is 22.7 Å². The van der Waals surface area contributed by atoms with E-state index in [0.717, 1.165) is 16.6 Å². The Hall–Kier alpha value is -1.11. The van der Waals surface area contributed by atoms with Crippen LogP contribution >= 0.6 is 15.9 Å². The molecule has 0 atom stereocenters. The van der Waals surface area contributed by atoms with E-state index in [9.17, 15) is 4.79 Å². The van der Waals surface area contributed by atoms with Crippen molar-refractivity contribution in [2.45, 2.75) is 13.5 Å². The molecule has 0 bridgehead atoms. The highest BCUT2D eigenvalue weighted by molar-refractivity contribution is 9.10. The summed E-state index contributed by atoms with van der Waals surface area (Å²) in [4.78, 5) is 11.3. The molecule has 0 radical (unpaired) electrons. The summed E-state index contributed by atoms with van der Waals surface area (Å²) in [6.45, 7) is 4.69. The van der Waals surface area contributed by atoms with Crippen molar-refractivity contribution in [3.8, 4) is 5.75 Å². The second kappa shape index (κ2) is 9.74. The van der Waals surface area contributed by atoms with Gasteiger partial charge in [0.1, 0.15) is 5.75 Å². The molecule has 0 spiro atoms. The molecule has 2 N–H and O–H groups in total. The minimum atomic E-state index is -0.116. The van der Waals surface area contributed by atoms with Crippen molar-refractivity contribution in [1.82, 2.24) is 10.6 Å². The van der Waals surface area contributed by atoms with Gasteiger partial charge in [-0.1, -0.05) is 15.9 Å². The number of likely N-dealkylation sites (N-methyl/N-ethyl adjacent to an activating group) is 1. The Morgan fingerprint density at radius 3 is 2.90 bits per heavy atom. The maximum absolute atomic E-state index is 11.3. The van der Waals surface area contributed by atoms with Gasteiger partial charge in [0.05, 0.1) is 6.61 Å². The molecule has 1 aromatic carbocycles. The highest BCUT2D eigenvalue weighted by Gasteiger charge is 2.05. The van der Waals surface area contributed by atoms with E-state index < -0.39 is 0 Å². The molecule has 0 heterocycles. The molecule has 0 aromatic heterocycles. The van der Waals surface area contributed by atoms with Crippen molar-refractivity contribution in [2.24, 2.45) is 0 Å². The second-order valence-corrected chi connectivity index (χ2v) is 5.02. The van der Waals surface area contributed by atoms with Crippen molar-refractivity contribution in [1.29, 1.82) is 0 Å². The van der Waals surface area contributed by atoms with Gasteiger partial charge in [-0.25, -0.2) is 0 Å². The van der Waals surface area contributed by atoms with E-state index in [2.05, 4.69) is 26.6 Å². The summed E-state index contributed by atoms with van der Waals surface area (Å²) in [5.41, 5.74) is 1.08. The standard InChI is InChI=1S/C14H21BrN2O3/c1-3-17-14(18)10-20-12-4-5-13(15)11(8-12)9-16-6-7-19-2/h4-5,8,16H,3,6-7,9-10H2,1-2H3,(H,17,18). The third kappa shape index (κ3) is 6.36. The molecule has 1 amide bonds. The van der Waals surface area contributed by atoms with Gasteiger partial charge in [-0.3, -0.25) is 4.79 Å². The number of carbonyl (C=O) groups excluding carboxylic acids is 1. The Labute approximate surface area is 128 Å². The number of amides is 1. The highest BCUT2D eigenvalue weighted by Crippen LogP contribution is 2.22. The fraction of sp³-hybridized carbons (Fsp3) is 0.500. The molecule has 0 saturated carbocycles. The van der Waals surface area contributed by atoms with Gasteiger partial charge < -0.3 is 20.1 Å². The van der Waals surface area contributed by atoms with Gasteiger partial charge in [-0.2, -0.15) is 0 Å². The van der Waals surface area contributed by atoms with Crippen LogP contribution < -0.4 is 15.4 Å². The van der Waals surface area contributed by atoms with Crippen molar-refractivity contribution in [2.75, 3.05) is 33.4 Å². The minimum absolute atomic E-state index is 0.0337. The summed E-state index contributed by atoms with van der Waals surface area (Å²) in [6.07, 6.45) is 0. The van der Waals surface area contributed by atoms with Crippen molar-refractivity contribution in [3.05, 3.63) is 28.2 Å². The first-order valence-electron chi connectivity index (χ1n) is 6.55. The summed E-state index contributed by atoms with van der Waals surface area (Å²) >= 11 is 3.50. The number of carbonyl (C=O) groups is 1. The average molecular weight is 345 g/mol. The maximum atomic E-state index is 11.3. The fourth-order valence-corrected chi connectivity index (χ4v) is 1.96. The molecule has 20 heavy (non-hydrogen) atoms. The van der Waals surface area contributed by atoms with E-state index in [1.54, 1.807) is 7.11 Å². The van der Waals surface area contributed by atoms with Gasteiger partial charge >= 0.3 is 0 Å². The largest absolute Gasteiger partial charge is 0.484 e. The first-order chi connectivity index (χ1) is 9.67. The lowest BCUT2D eigenvalue weighted by Crippen LogP contribution is -2.28. The van der Waals surface area contributed by atoms with Crippen LogP contribution in [0.5, 0.6) is 5.75 Å². The zero-order valence-corrected chi connectivity index (χ0v) is 13.5. The molecule has 0 fully saturated rings. The SMILES string of the molecule is CCNC(=O)COc1ccc(Br)c(CNCCOC)c1. The summed E-state index contributed by atoms with van der Waals surface area (Å²) in [7, 11) is 1.67. The van der Waals surface area contributed by atoms with E-state index in [-0.39, 0.29) is 12.5 Å². The van der Waals surface area contributed by atoms with Gasteiger partial charge in [0.15, 0.2) is 6.61 Å². The Balaban J connectivity index is 2.50. The number of nitrogens with one attached hydrogen (secondary N) is 2. The minimum Gasteiger partial charge on any atom is -0.484 e. The predicted octanol–water partition coefficient (Wildman–Crippen LogP) is 1.70. The summed E-state index contributed by atoms with van der Waals surface area (Å²) < 4.78 is 11.4. The zero-order chi connectivity index (χ0) is 14.8. The zero-order valence-electron chi connectivity index (χ0n) is 11.9. The Morgan fingerprint density at radius 2 is 2.20 bits per heavy atom. The van der Waals surface area contributed by atoms with Gasteiger partial charge in [0.2, 0.25) is 0 Å². The van der Waals surface area contributed by atoms with Crippen LogP contribution in [0.2, 0.25) is 0 Å². The van der Waals surface area contributed by atoms with E-state index >= 15 is 0 Å². The third-order valence-electron chi connectivity index (χ3n) is 2.56. The predicted molar refractivity (Wildman–Crippen MR) is 81.9 cm³/mol. The second-order valence-electron chi connectivity index (χ2n) is 4.16. The Kier molecular flexibility index (Phi) is 8.25. The molecule has 0 aliphatic carbocycles. The van der Waals surface area contributed by atoms with Crippen molar-refractivity contribution in [3.63, 3.8) is 0 Å². The third-order valence-corrected chi connectivity index (χ3v) is 3.33. The van der Waals surface area contributed by atoms with Gasteiger partial charge in [0, 0.05) is 31.2 Å². The van der Waals surface area contributed by atoms with Gasteiger partial charge in [0.25, 0.3) is 5.91 Å². The number of hydrogen-bond donors (Lipinski definition) is 2. The maximum Gasteiger partial charge on any atom is 0.257 e. The van der Waals surface area contributed by atoms with Crippen LogP contribution in [-0.4, -0.2) is 39.3 Å². The number of benzene rings is 1. The number of rotatable bonds is 9. The molecule has 6 heteroatoms. The average Bonchev–Trinajstić information content (AvgIpc) is 2.44. The molecule has 0 aliphatic heterocycles. The lowest BCUT2D eigenvalue weighted by Gasteiger charge is -2.10. The molecule has 1 rings (SSSR count). The van der Waals surface area contributed by atoms with Crippen LogP contribution in [-0.2, 0) is 16.1 Å². The van der Waals surface area contributed by atoms with Crippen molar-refractivity contribution < 1.29 is 14.3 Å². The van der Waals surface area contributed by atoms with Gasteiger partial charge in [-0.15, -0.1) is 0 Å². The summed E-state index contributed by atoms with van der Waals surface area (Å²) in [5, 5.41) is 5.96. The Morgan fingerprint density at radius 1 is 1.40 bits per heavy atom. The monoisotopic (exact) mass is 344 g/mol. The highest BCUT2D eigenvalue weighted by atomic mass is 79.9. The summed E-state index contributed by atoms with van der Waals surface area (Å²) in [6, 6.07) is 5.67. The number of methoxy groups -OCH3 is 1.